The van der Waals surface area contributed by atoms with E-state index in [2.05, 4.69) is 37.3 Å². The lowest BCUT2D eigenvalue weighted by Crippen LogP contribution is -2.28. The van der Waals surface area contributed by atoms with E-state index in [1.54, 1.807) is 18.5 Å². The van der Waals surface area contributed by atoms with Gasteiger partial charge in [0, 0.05) is 46.5 Å². The van der Waals surface area contributed by atoms with Crippen LogP contribution in [0.3, 0.4) is 0 Å². The summed E-state index contributed by atoms with van der Waals surface area (Å²) in [5.74, 6) is -0.209. The van der Waals surface area contributed by atoms with Gasteiger partial charge >= 0.3 is 0 Å². The highest BCUT2D eigenvalue weighted by Gasteiger charge is 2.12. The van der Waals surface area contributed by atoms with Crippen LogP contribution in [0, 0.1) is 0 Å². The molecule has 5 aromatic rings. The fourth-order valence-corrected chi connectivity index (χ4v) is 5.11. The summed E-state index contributed by atoms with van der Waals surface area (Å²) in [5.41, 5.74) is 4.74. The summed E-state index contributed by atoms with van der Waals surface area (Å²) in [6.45, 7) is 3.28. The van der Waals surface area contributed by atoms with Crippen LogP contribution in [-0.4, -0.2) is 39.3 Å². The van der Waals surface area contributed by atoms with Gasteiger partial charge in [0.15, 0.2) is 0 Å². The molecule has 0 bridgehead atoms. The molecule has 3 N–H and O–H groups in total. The lowest BCUT2D eigenvalue weighted by molar-refractivity contribution is 0.221. The summed E-state index contributed by atoms with van der Waals surface area (Å²) in [5, 5.41) is 16.2. The van der Waals surface area contributed by atoms with Crippen molar-refractivity contribution in [2.45, 2.75) is 25.8 Å². The number of H-pyrrole nitrogens is 1. The number of anilines is 2. The molecule has 0 unspecified atom stereocenters. The van der Waals surface area contributed by atoms with Crippen molar-refractivity contribution in [3.05, 3.63) is 100 Å². The summed E-state index contributed by atoms with van der Waals surface area (Å²) >= 11 is 0. The Bertz CT molecular complexity index is 1680. The molecule has 0 radical (unpaired) electrons. The Morgan fingerprint density at radius 3 is 2.63 bits per heavy atom. The summed E-state index contributed by atoms with van der Waals surface area (Å²) in [7, 11) is 0. The number of piperidine rings is 1. The van der Waals surface area contributed by atoms with Gasteiger partial charge in [0.2, 0.25) is 5.88 Å². The quantitative estimate of drug-likeness (QED) is 0.238. The average molecular weight is 504 g/mol. The van der Waals surface area contributed by atoms with Gasteiger partial charge in [-0.1, -0.05) is 24.6 Å². The van der Waals surface area contributed by atoms with Crippen molar-refractivity contribution >= 4 is 45.0 Å². The van der Waals surface area contributed by atoms with E-state index in [4.69, 9.17) is 0 Å². The topological polar surface area (TPSA) is 93.6 Å². The molecule has 38 heavy (non-hydrogen) atoms. The van der Waals surface area contributed by atoms with Crippen molar-refractivity contribution in [3.8, 4) is 5.88 Å². The van der Waals surface area contributed by atoms with Crippen LogP contribution in [0.4, 0.5) is 17.1 Å². The monoisotopic (exact) mass is 503 g/mol. The number of aromatic amines is 1. The van der Waals surface area contributed by atoms with Gasteiger partial charge in [-0.25, -0.2) is 0 Å². The molecular formula is C31H29N5O2. The second-order valence-corrected chi connectivity index (χ2v) is 9.74. The maximum absolute atomic E-state index is 12.6. The number of fused-ring (bicyclic) bond motifs is 2. The number of nitrogens with one attached hydrogen (secondary N) is 2. The van der Waals surface area contributed by atoms with E-state index >= 15 is 0 Å². The molecule has 1 aliphatic rings. The fourth-order valence-electron chi connectivity index (χ4n) is 5.11. The van der Waals surface area contributed by atoms with Gasteiger partial charge < -0.3 is 10.4 Å². The first-order chi connectivity index (χ1) is 18.6. The van der Waals surface area contributed by atoms with Crippen LogP contribution in [0.25, 0.3) is 21.7 Å². The van der Waals surface area contributed by atoms with Gasteiger partial charge in [-0.05, 0) is 86.1 Å². The second-order valence-electron chi connectivity index (χ2n) is 9.74. The van der Waals surface area contributed by atoms with Crippen LogP contribution in [0.1, 0.15) is 30.4 Å². The summed E-state index contributed by atoms with van der Waals surface area (Å²) in [6, 6.07) is 23.5. The predicted molar refractivity (Wildman–Crippen MR) is 154 cm³/mol. The number of hydrogen-bond donors (Lipinski definition) is 3. The number of pyridine rings is 2. The number of nitrogens with zero attached hydrogens (tertiary/aromatic N) is 3. The first kappa shape index (κ1) is 23.9. The first-order valence-electron chi connectivity index (χ1n) is 13.0. The van der Waals surface area contributed by atoms with E-state index in [1.807, 2.05) is 54.6 Å². The molecule has 0 amide bonds. The normalized spacial score (nSPS) is 14.4. The molecule has 190 valence electrons. The van der Waals surface area contributed by atoms with Crippen LogP contribution >= 0.6 is 0 Å². The Morgan fingerprint density at radius 1 is 0.947 bits per heavy atom. The summed E-state index contributed by atoms with van der Waals surface area (Å²) in [4.78, 5) is 26.6. The SMILES string of the molecule is O=c1[nH]c(O)c(C=Nc2ccc(CN3CCCCC3)cc2)c2cc(Nc3cccc4ncccc34)ccc12. The van der Waals surface area contributed by atoms with E-state index in [1.165, 1.54) is 24.8 Å². The number of aromatic nitrogens is 2. The average Bonchev–Trinajstić information content (AvgIpc) is 2.94. The first-order valence-corrected chi connectivity index (χ1v) is 13.0. The molecule has 3 heterocycles. The Balaban J connectivity index is 1.29. The van der Waals surface area contributed by atoms with E-state index < -0.39 is 0 Å². The molecule has 6 rings (SSSR count). The van der Waals surface area contributed by atoms with Crippen LogP contribution in [0.15, 0.2) is 88.8 Å². The van der Waals surface area contributed by atoms with Crippen molar-refractivity contribution in [2.75, 3.05) is 18.4 Å². The molecule has 7 heteroatoms. The lowest BCUT2D eigenvalue weighted by atomic mass is 10.1. The molecule has 0 atom stereocenters. The van der Waals surface area contributed by atoms with E-state index in [-0.39, 0.29) is 11.4 Å². The van der Waals surface area contributed by atoms with Crippen LogP contribution in [0.5, 0.6) is 5.88 Å². The van der Waals surface area contributed by atoms with E-state index in [9.17, 15) is 9.90 Å². The zero-order valence-electron chi connectivity index (χ0n) is 21.0. The fraction of sp³-hybridized carbons (Fsp3) is 0.194. The predicted octanol–water partition coefficient (Wildman–Crippen LogP) is 6.26. The van der Waals surface area contributed by atoms with Crippen LogP contribution in [-0.2, 0) is 6.54 Å². The minimum atomic E-state index is -0.349. The molecule has 1 saturated heterocycles. The Hall–Kier alpha value is -4.49. The van der Waals surface area contributed by atoms with Gasteiger partial charge in [-0.2, -0.15) is 0 Å². The molecule has 1 aliphatic heterocycles. The second kappa shape index (κ2) is 10.5. The number of benzene rings is 3. The number of rotatable bonds is 6. The Labute approximate surface area is 220 Å². The summed E-state index contributed by atoms with van der Waals surface area (Å²) < 4.78 is 0. The highest BCUT2D eigenvalue weighted by atomic mass is 16.3. The van der Waals surface area contributed by atoms with Gasteiger partial charge in [-0.3, -0.25) is 24.7 Å². The highest BCUT2D eigenvalue weighted by molar-refractivity contribution is 6.03. The van der Waals surface area contributed by atoms with Crippen LogP contribution < -0.4 is 10.9 Å². The largest absolute Gasteiger partial charge is 0.494 e. The third kappa shape index (κ3) is 5.01. The molecule has 7 nitrogen and oxygen atoms in total. The molecule has 0 saturated carbocycles. The van der Waals surface area contributed by atoms with E-state index in [0.717, 1.165) is 47.6 Å². The van der Waals surface area contributed by atoms with Gasteiger partial charge in [0.05, 0.1) is 16.8 Å². The standard InChI is InChI=1S/C31H29N5O2/c37-30-24-14-13-23(34-29-8-4-7-28-25(29)6-5-15-32-28)18-26(24)27(31(38)35-30)19-33-22-11-9-21(10-12-22)20-36-16-2-1-3-17-36/h4-15,18-19,34H,1-3,16-17,20H2,(H2,35,37,38). The molecule has 1 fully saturated rings. The number of aliphatic imine (C=N–C) groups is 1. The smallest absolute Gasteiger partial charge is 0.258 e. The van der Waals surface area contributed by atoms with Crippen molar-refractivity contribution in [1.29, 1.82) is 0 Å². The number of likely N-dealkylation sites (tertiary alicyclic amines) is 1. The third-order valence-electron chi connectivity index (χ3n) is 7.10. The minimum Gasteiger partial charge on any atom is -0.494 e. The van der Waals surface area contributed by atoms with Crippen LogP contribution in [0.2, 0.25) is 0 Å². The number of hydrogen-bond acceptors (Lipinski definition) is 6. The van der Waals surface area contributed by atoms with E-state index in [0.29, 0.717) is 16.3 Å². The van der Waals surface area contributed by atoms with Crippen molar-refractivity contribution in [2.24, 2.45) is 4.99 Å². The van der Waals surface area contributed by atoms with Crippen molar-refractivity contribution in [1.82, 2.24) is 14.9 Å². The van der Waals surface area contributed by atoms with Crippen molar-refractivity contribution in [3.63, 3.8) is 0 Å². The van der Waals surface area contributed by atoms with Crippen molar-refractivity contribution < 1.29 is 5.11 Å². The van der Waals surface area contributed by atoms with Gasteiger partial charge in [-0.15, -0.1) is 0 Å². The number of aromatic hydroxyl groups is 1. The zero-order chi connectivity index (χ0) is 25.9. The molecule has 0 spiro atoms. The third-order valence-corrected chi connectivity index (χ3v) is 7.10. The maximum atomic E-state index is 12.6. The molecule has 3 aromatic carbocycles. The zero-order valence-corrected chi connectivity index (χ0v) is 21.0. The van der Waals surface area contributed by atoms with Gasteiger partial charge in [0.25, 0.3) is 5.56 Å². The van der Waals surface area contributed by atoms with Gasteiger partial charge in [0.1, 0.15) is 0 Å². The molecular weight excluding hydrogens is 474 g/mol. The molecule has 0 aliphatic carbocycles. The Kier molecular flexibility index (Phi) is 6.58. The minimum absolute atomic E-state index is 0.209. The highest BCUT2D eigenvalue weighted by Crippen LogP contribution is 2.29. The lowest BCUT2D eigenvalue weighted by Gasteiger charge is -2.26. The molecule has 2 aromatic heterocycles. The summed E-state index contributed by atoms with van der Waals surface area (Å²) in [6.07, 6.45) is 7.25. The Morgan fingerprint density at radius 2 is 1.79 bits per heavy atom. The maximum Gasteiger partial charge on any atom is 0.258 e.